The average Bonchev–Trinajstić information content (AvgIpc) is 2.84. The van der Waals surface area contributed by atoms with Gasteiger partial charge in [0.2, 0.25) is 0 Å². The highest BCUT2D eigenvalue weighted by Gasteiger charge is 2.42. The third-order valence-corrected chi connectivity index (χ3v) is 3.67. The van der Waals surface area contributed by atoms with Gasteiger partial charge in [0.1, 0.15) is 11.7 Å². The molecule has 1 fully saturated rings. The fraction of sp³-hybridized carbons (Fsp3) is 0.500. The first kappa shape index (κ1) is 11.7. The zero-order valence-electron chi connectivity index (χ0n) is 8.70. The number of aromatic nitrogens is 1. The van der Waals surface area contributed by atoms with Crippen molar-refractivity contribution in [2.45, 2.75) is 12.0 Å². The van der Waals surface area contributed by atoms with Crippen LogP contribution in [0.5, 0.6) is 0 Å². The number of anilines is 1. The summed E-state index contributed by atoms with van der Waals surface area (Å²) in [6.07, 6.45) is 1.47. The lowest BCUT2D eigenvalue weighted by atomic mass is 10.0. The van der Waals surface area contributed by atoms with Crippen LogP contribution >= 0.6 is 11.3 Å². The van der Waals surface area contributed by atoms with Crippen molar-refractivity contribution in [2.24, 2.45) is 5.73 Å². The molecule has 0 radical (unpaired) electrons. The second kappa shape index (κ2) is 3.93. The van der Waals surface area contributed by atoms with Gasteiger partial charge >= 0.3 is 11.0 Å². The molecule has 8 nitrogen and oxygen atoms in total. The Morgan fingerprint density at radius 2 is 2.47 bits per heavy atom. The SMILES string of the molecule is NC1(C(=O)O)CCN(c2ncc([N+](=O)[O-])s2)C1. The second-order valence-corrected chi connectivity index (χ2v) is 4.86. The predicted octanol–water partition coefficient (Wildman–Crippen LogP) is 0.0435. The largest absolute Gasteiger partial charge is 0.480 e. The van der Waals surface area contributed by atoms with E-state index in [1.807, 2.05) is 0 Å². The van der Waals surface area contributed by atoms with Gasteiger partial charge in [0.05, 0.1) is 4.92 Å². The molecule has 0 amide bonds. The van der Waals surface area contributed by atoms with Gasteiger partial charge in [-0.3, -0.25) is 14.9 Å². The third kappa shape index (κ3) is 2.06. The lowest BCUT2D eigenvalue weighted by Crippen LogP contribution is -2.50. The molecule has 1 aliphatic heterocycles. The summed E-state index contributed by atoms with van der Waals surface area (Å²) in [5, 5.41) is 19.8. The zero-order valence-corrected chi connectivity index (χ0v) is 9.51. The standard InChI is InChI=1S/C8H10N4O4S/c9-8(6(13)14)1-2-11(4-8)7-10-3-5(17-7)12(15)16/h3H,1-2,4,9H2,(H,13,14). The van der Waals surface area contributed by atoms with Gasteiger partial charge in [0.15, 0.2) is 5.13 Å². The van der Waals surface area contributed by atoms with E-state index in [1.165, 1.54) is 0 Å². The van der Waals surface area contributed by atoms with Crippen LogP contribution < -0.4 is 10.6 Å². The van der Waals surface area contributed by atoms with Crippen LogP contribution in [0.3, 0.4) is 0 Å². The number of rotatable bonds is 3. The molecule has 3 N–H and O–H groups in total. The van der Waals surface area contributed by atoms with E-state index in [0.29, 0.717) is 18.1 Å². The van der Waals surface area contributed by atoms with Crippen molar-refractivity contribution < 1.29 is 14.8 Å². The Kier molecular flexibility index (Phi) is 2.71. The highest BCUT2D eigenvalue weighted by molar-refractivity contribution is 7.18. The Hall–Kier alpha value is -1.74. The number of hydrogen-bond acceptors (Lipinski definition) is 7. The molecule has 0 aliphatic carbocycles. The maximum absolute atomic E-state index is 10.9. The molecule has 0 spiro atoms. The van der Waals surface area contributed by atoms with Gasteiger partial charge in [-0.15, -0.1) is 0 Å². The lowest BCUT2D eigenvalue weighted by molar-refractivity contribution is -0.380. The molecule has 1 unspecified atom stereocenters. The number of thiazole rings is 1. The maximum atomic E-state index is 10.9. The first-order valence-corrected chi connectivity index (χ1v) is 5.61. The molecule has 1 saturated heterocycles. The Morgan fingerprint density at radius 3 is 2.94 bits per heavy atom. The van der Waals surface area contributed by atoms with Gasteiger partial charge in [-0.25, -0.2) is 4.98 Å². The summed E-state index contributed by atoms with van der Waals surface area (Å²) >= 11 is 0.918. The lowest BCUT2D eigenvalue weighted by Gasteiger charge is -2.18. The fourth-order valence-electron chi connectivity index (χ4n) is 1.66. The van der Waals surface area contributed by atoms with Crippen LogP contribution in [0, 0.1) is 10.1 Å². The summed E-state index contributed by atoms with van der Waals surface area (Å²) in [7, 11) is 0. The average molecular weight is 258 g/mol. The summed E-state index contributed by atoms with van der Waals surface area (Å²) in [5.74, 6) is -1.06. The smallest absolute Gasteiger partial charge is 0.345 e. The highest BCUT2D eigenvalue weighted by Crippen LogP contribution is 2.32. The first-order chi connectivity index (χ1) is 7.92. The fourth-order valence-corrected chi connectivity index (χ4v) is 2.42. The van der Waals surface area contributed by atoms with Crippen LogP contribution in [-0.2, 0) is 4.79 Å². The van der Waals surface area contributed by atoms with Crippen LogP contribution in [0.15, 0.2) is 6.20 Å². The Labute approximate surface area is 99.8 Å². The van der Waals surface area contributed by atoms with Crippen molar-refractivity contribution >= 4 is 27.4 Å². The third-order valence-electron chi connectivity index (χ3n) is 2.66. The van der Waals surface area contributed by atoms with Crippen molar-refractivity contribution in [3.8, 4) is 0 Å². The summed E-state index contributed by atoms with van der Waals surface area (Å²) in [6, 6.07) is 0. The molecule has 0 bridgehead atoms. The monoisotopic (exact) mass is 258 g/mol. The minimum Gasteiger partial charge on any atom is -0.480 e. The molecule has 2 rings (SSSR count). The summed E-state index contributed by atoms with van der Waals surface area (Å²) in [5.41, 5.74) is 4.41. The van der Waals surface area contributed by atoms with E-state index in [9.17, 15) is 14.9 Å². The minimum absolute atomic E-state index is 0.0650. The number of hydrogen-bond donors (Lipinski definition) is 2. The van der Waals surface area contributed by atoms with E-state index in [-0.39, 0.29) is 11.5 Å². The van der Waals surface area contributed by atoms with Crippen molar-refractivity contribution in [1.29, 1.82) is 0 Å². The number of aliphatic carboxylic acids is 1. The van der Waals surface area contributed by atoms with E-state index >= 15 is 0 Å². The van der Waals surface area contributed by atoms with Gasteiger partial charge in [0.25, 0.3) is 0 Å². The quantitative estimate of drug-likeness (QED) is 0.579. The topological polar surface area (TPSA) is 123 Å². The summed E-state index contributed by atoms with van der Waals surface area (Å²) < 4.78 is 0. The summed E-state index contributed by atoms with van der Waals surface area (Å²) in [4.78, 5) is 26.5. The molecule has 1 aromatic rings. The molecule has 9 heteroatoms. The molecule has 0 aromatic carbocycles. The minimum atomic E-state index is -1.29. The number of carboxylic acids is 1. The van der Waals surface area contributed by atoms with Crippen LogP contribution in [0.1, 0.15) is 6.42 Å². The van der Waals surface area contributed by atoms with Gasteiger partial charge in [-0.2, -0.15) is 0 Å². The normalized spacial score (nSPS) is 23.9. The Bertz CT molecular complexity index is 476. The van der Waals surface area contributed by atoms with Crippen molar-refractivity contribution in [3.05, 3.63) is 16.3 Å². The van der Waals surface area contributed by atoms with Gasteiger partial charge in [0, 0.05) is 13.1 Å². The van der Waals surface area contributed by atoms with Crippen molar-refractivity contribution in [3.63, 3.8) is 0 Å². The molecule has 1 aliphatic rings. The number of nitro groups is 1. The van der Waals surface area contributed by atoms with Crippen molar-refractivity contribution in [1.82, 2.24) is 4.98 Å². The number of nitrogens with two attached hydrogens (primary N) is 1. The molecule has 2 heterocycles. The van der Waals surface area contributed by atoms with E-state index < -0.39 is 16.4 Å². The zero-order chi connectivity index (χ0) is 12.6. The van der Waals surface area contributed by atoms with Crippen molar-refractivity contribution in [2.75, 3.05) is 18.0 Å². The first-order valence-electron chi connectivity index (χ1n) is 4.80. The Morgan fingerprint density at radius 1 is 1.76 bits per heavy atom. The van der Waals surface area contributed by atoms with E-state index in [4.69, 9.17) is 10.8 Å². The Balaban J connectivity index is 2.15. The molecule has 1 aromatic heterocycles. The molecule has 17 heavy (non-hydrogen) atoms. The molecule has 1 atom stereocenters. The number of carboxylic acid groups (broad SMARTS) is 1. The summed E-state index contributed by atoms with van der Waals surface area (Å²) in [6.45, 7) is 0.556. The molecule has 92 valence electrons. The predicted molar refractivity (Wildman–Crippen MR) is 60.2 cm³/mol. The van der Waals surface area contributed by atoms with Crippen LogP contribution in [0.2, 0.25) is 0 Å². The number of carbonyl (C=O) groups is 1. The van der Waals surface area contributed by atoms with Crippen LogP contribution in [0.4, 0.5) is 10.1 Å². The van der Waals surface area contributed by atoms with Gasteiger partial charge in [-0.05, 0) is 17.8 Å². The number of nitrogens with zero attached hydrogens (tertiary/aromatic N) is 3. The van der Waals surface area contributed by atoms with E-state index in [0.717, 1.165) is 17.5 Å². The molecule has 0 saturated carbocycles. The second-order valence-electron chi connectivity index (χ2n) is 3.87. The molecular weight excluding hydrogens is 248 g/mol. The van der Waals surface area contributed by atoms with Crippen LogP contribution in [-0.4, -0.2) is 39.6 Å². The van der Waals surface area contributed by atoms with Crippen LogP contribution in [0.25, 0.3) is 0 Å². The molecular formula is C8H10N4O4S. The van der Waals surface area contributed by atoms with Gasteiger partial charge in [-0.1, -0.05) is 0 Å². The highest BCUT2D eigenvalue weighted by atomic mass is 32.1. The maximum Gasteiger partial charge on any atom is 0.345 e. The van der Waals surface area contributed by atoms with Gasteiger partial charge < -0.3 is 15.7 Å². The van der Waals surface area contributed by atoms with E-state index in [1.54, 1.807) is 4.90 Å². The van der Waals surface area contributed by atoms with E-state index in [2.05, 4.69) is 4.98 Å².